The Bertz CT molecular complexity index is 1370. The molecule has 9 atom stereocenters. The summed E-state index contributed by atoms with van der Waals surface area (Å²) in [6, 6.07) is 0. The number of esters is 2. The number of allylic oxidation sites excluding steroid dienone is 6. The molecule has 1 saturated carbocycles. The molecule has 0 aromatic carbocycles. The Morgan fingerprint density at radius 1 is 0.581 bits per heavy atom. The lowest BCUT2D eigenvalue weighted by Crippen LogP contribution is -2.64. The van der Waals surface area contributed by atoms with Crippen LogP contribution in [0.5, 0.6) is 0 Å². The third-order valence-electron chi connectivity index (χ3n) is 10.2. The average Bonchev–Trinajstić information content (AvgIpc) is 3.24. The van der Waals surface area contributed by atoms with Gasteiger partial charge in [-0.05, 0) is 32.1 Å². The molecule has 0 saturated heterocycles. The standard InChI is InChI=1S/C45H77O16P/c1-3-5-6-7-8-9-10-11-12-13-14-15-23-30-38(49)58-32-37(33-59-62(56,57)61-45-43(54)41(52)40(51)42(53)44(45)55)60-39(50)31-24-29-36(48)27-20-17-16-19-26-35(47)28-22-18-21-25-34(46)4-2/h16-22,25-27,34-37,40-48,51-55H,3-15,23-24,28-33H2,1-2H3,(H,56,57)/b17-16-,22-18-,25-21+,26-19+,27-20+. The van der Waals surface area contributed by atoms with E-state index in [1.54, 1.807) is 54.7 Å². The zero-order chi connectivity index (χ0) is 46.2. The number of aliphatic hydroxyl groups excluding tert-OH is 8. The van der Waals surface area contributed by atoms with Gasteiger partial charge in [-0.2, -0.15) is 0 Å². The Hall–Kier alpha value is -2.57. The first kappa shape index (κ1) is 57.4. The number of aliphatic hydroxyl groups is 8. The summed E-state index contributed by atoms with van der Waals surface area (Å²) >= 11 is 0. The molecular weight excluding hydrogens is 827 g/mol. The molecular formula is C45H77O16P. The van der Waals surface area contributed by atoms with E-state index in [0.29, 0.717) is 19.3 Å². The van der Waals surface area contributed by atoms with E-state index in [1.807, 2.05) is 6.92 Å². The topological polar surface area (TPSA) is 270 Å². The highest BCUT2D eigenvalue weighted by molar-refractivity contribution is 7.47. The van der Waals surface area contributed by atoms with Crippen molar-refractivity contribution >= 4 is 19.8 Å². The highest BCUT2D eigenvalue weighted by atomic mass is 31.2. The van der Waals surface area contributed by atoms with Gasteiger partial charge in [-0.15, -0.1) is 0 Å². The molecule has 1 fully saturated rings. The normalized spacial score (nSPS) is 24.0. The molecule has 0 amide bonds. The van der Waals surface area contributed by atoms with Gasteiger partial charge in [0, 0.05) is 12.8 Å². The third-order valence-corrected chi connectivity index (χ3v) is 11.2. The highest BCUT2D eigenvalue weighted by Crippen LogP contribution is 2.47. The largest absolute Gasteiger partial charge is 0.472 e. The molecule has 62 heavy (non-hydrogen) atoms. The molecule has 16 nitrogen and oxygen atoms in total. The van der Waals surface area contributed by atoms with Crippen LogP contribution in [0.4, 0.5) is 0 Å². The van der Waals surface area contributed by atoms with Gasteiger partial charge in [0.1, 0.15) is 43.2 Å². The summed E-state index contributed by atoms with van der Waals surface area (Å²) in [5, 5.41) is 79.9. The summed E-state index contributed by atoms with van der Waals surface area (Å²) < 4.78 is 33.3. The number of unbranched alkanes of at least 4 members (excludes halogenated alkanes) is 12. The van der Waals surface area contributed by atoms with Gasteiger partial charge in [-0.1, -0.05) is 152 Å². The Balaban J connectivity index is 2.62. The van der Waals surface area contributed by atoms with Crippen LogP contribution in [-0.2, 0) is 32.7 Å². The lowest BCUT2D eigenvalue weighted by molar-refractivity contribution is -0.220. The molecule has 1 aliphatic carbocycles. The Labute approximate surface area is 368 Å². The molecule has 0 aromatic rings. The summed E-state index contributed by atoms with van der Waals surface area (Å²) in [5.74, 6) is -1.37. The SMILES string of the molecule is CCCCCCCCCCCCCCCC(=O)OCC(COP(=O)(O)OC1C(O)C(O)C(O)C(O)C1O)OC(=O)CCCC(O)/C=C/C=C\C=C\C(O)C/C=C\C=C\C(O)CC. The number of ether oxygens (including phenoxy) is 2. The van der Waals surface area contributed by atoms with Gasteiger partial charge in [-0.3, -0.25) is 18.6 Å². The Morgan fingerprint density at radius 2 is 1.06 bits per heavy atom. The maximum absolute atomic E-state index is 12.8. The number of hydrogen-bond donors (Lipinski definition) is 9. The summed E-state index contributed by atoms with van der Waals surface area (Å²) in [6.07, 6.45) is 17.0. The zero-order valence-corrected chi connectivity index (χ0v) is 37.6. The lowest BCUT2D eigenvalue weighted by Gasteiger charge is -2.41. The van der Waals surface area contributed by atoms with Crippen LogP contribution in [0.2, 0.25) is 0 Å². The van der Waals surface area contributed by atoms with Gasteiger partial charge in [0.05, 0.1) is 24.9 Å². The van der Waals surface area contributed by atoms with E-state index in [1.165, 1.54) is 57.4 Å². The van der Waals surface area contributed by atoms with Gasteiger partial charge in [-0.25, -0.2) is 4.57 Å². The Morgan fingerprint density at radius 3 is 1.63 bits per heavy atom. The molecule has 1 aliphatic rings. The maximum Gasteiger partial charge on any atom is 0.472 e. The summed E-state index contributed by atoms with van der Waals surface area (Å²) in [6.45, 7) is 2.71. The fourth-order valence-corrected chi connectivity index (χ4v) is 7.33. The summed E-state index contributed by atoms with van der Waals surface area (Å²) in [7, 11) is -5.20. The van der Waals surface area contributed by atoms with Gasteiger partial charge in [0.25, 0.3) is 0 Å². The van der Waals surface area contributed by atoms with Crippen molar-refractivity contribution in [1.82, 2.24) is 0 Å². The molecule has 1 rings (SSSR count). The molecule has 9 N–H and O–H groups in total. The minimum absolute atomic E-state index is 0.107. The van der Waals surface area contributed by atoms with Crippen LogP contribution in [-0.4, -0.2) is 132 Å². The van der Waals surface area contributed by atoms with E-state index in [4.69, 9.17) is 18.5 Å². The first-order valence-corrected chi connectivity index (χ1v) is 23.9. The molecule has 17 heteroatoms. The van der Waals surface area contributed by atoms with E-state index in [0.717, 1.165) is 25.7 Å². The molecule has 9 unspecified atom stereocenters. The van der Waals surface area contributed by atoms with Crippen molar-refractivity contribution < 1.29 is 78.4 Å². The molecule has 0 aromatic heterocycles. The molecule has 0 bridgehead atoms. The lowest BCUT2D eigenvalue weighted by atomic mass is 9.85. The molecule has 358 valence electrons. The van der Waals surface area contributed by atoms with Crippen molar-refractivity contribution in [3.05, 3.63) is 60.8 Å². The zero-order valence-electron chi connectivity index (χ0n) is 36.7. The highest BCUT2D eigenvalue weighted by Gasteiger charge is 2.51. The number of phosphoric acid groups is 1. The van der Waals surface area contributed by atoms with E-state index < -0.39 is 94.0 Å². The Kier molecular flexibility index (Phi) is 32.2. The van der Waals surface area contributed by atoms with Crippen LogP contribution < -0.4 is 0 Å². The van der Waals surface area contributed by atoms with Crippen LogP contribution >= 0.6 is 7.82 Å². The second kappa shape index (κ2) is 34.8. The van der Waals surface area contributed by atoms with Crippen molar-refractivity contribution in [2.45, 2.75) is 197 Å². The van der Waals surface area contributed by atoms with Crippen molar-refractivity contribution in [1.29, 1.82) is 0 Å². The van der Waals surface area contributed by atoms with Gasteiger partial charge in [0.15, 0.2) is 6.10 Å². The van der Waals surface area contributed by atoms with E-state index >= 15 is 0 Å². The minimum atomic E-state index is -5.20. The van der Waals surface area contributed by atoms with Crippen molar-refractivity contribution in [3.63, 3.8) is 0 Å². The van der Waals surface area contributed by atoms with Crippen LogP contribution in [0.15, 0.2) is 60.8 Å². The van der Waals surface area contributed by atoms with E-state index in [-0.39, 0.29) is 25.7 Å². The molecule has 0 radical (unpaired) electrons. The predicted octanol–water partition coefficient (Wildman–Crippen LogP) is 5.08. The molecule has 0 aliphatic heterocycles. The monoisotopic (exact) mass is 904 g/mol. The van der Waals surface area contributed by atoms with Crippen molar-refractivity contribution in [2.24, 2.45) is 0 Å². The van der Waals surface area contributed by atoms with Crippen LogP contribution in [0.25, 0.3) is 0 Å². The quantitative estimate of drug-likeness (QED) is 0.0174. The third kappa shape index (κ3) is 27.6. The van der Waals surface area contributed by atoms with Gasteiger partial charge >= 0.3 is 19.8 Å². The van der Waals surface area contributed by atoms with Crippen LogP contribution in [0, 0.1) is 0 Å². The van der Waals surface area contributed by atoms with Gasteiger partial charge in [0.2, 0.25) is 0 Å². The predicted molar refractivity (Wildman–Crippen MR) is 234 cm³/mol. The minimum Gasteiger partial charge on any atom is -0.462 e. The first-order chi connectivity index (χ1) is 29.6. The number of carbonyl (C=O) groups excluding carboxylic acids is 2. The van der Waals surface area contributed by atoms with Crippen molar-refractivity contribution in [2.75, 3.05) is 13.2 Å². The molecule has 0 spiro atoms. The second-order valence-electron chi connectivity index (χ2n) is 15.8. The fourth-order valence-electron chi connectivity index (χ4n) is 6.36. The van der Waals surface area contributed by atoms with Crippen molar-refractivity contribution in [3.8, 4) is 0 Å². The summed E-state index contributed by atoms with van der Waals surface area (Å²) in [4.78, 5) is 35.7. The van der Waals surface area contributed by atoms with Crippen LogP contribution in [0.3, 0.4) is 0 Å². The van der Waals surface area contributed by atoms with E-state index in [9.17, 15) is 59.9 Å². The number of phosphoric ester groups is 1. The average molecular weight is 905 g/mol. The molecule has 0 heterocycles. The maximum atomic E-state index is 12.8. The number of carbonyl (C=O) groups is 2. The number of rotatable bonds is 35. The fraction of sp³-hybridized carbons (Fsp3) is 0.733. The summed E-state index contributed by atoms with van der Waals surface area (Å²) in [5.41, 5.74) is 0. The smallest absolute Gasteiger partial charge is 0.462 e. The number of hydrogen-bond acceptors (Lipinski definition) is 15. The second-order valence-corrected chi connectivity index (χ2v) is 17.2. The van der Waals surface area contributed by atoms with Gasteiger partial charge < -0.3 is 55.2 Å². The van der Waals surface area contributed by atoms with Crippen LogP contribution in [0.1, 0.15) is 136 Å². The first-order valence-electron chi connectivity index (χ1n) is 22.4. The van der Waals surface area contributed by atoms with E-state index in [2.05, 4.69) is 6.92 Å².